The van der Waals surface area contributed by atoms with Crippen LogP contribution < -0.4 is 10.6 Å². The Kier molecular flexibility index (Phi) is 8.56. The van der Waals surface area contributed by atoms with Gasteiger partial charge in [0, 0.05) is 24.1 Å². The van der Waals surface area contributed by atoms with Crippen LogP contribution in [-0.2, 0) is 31.3 Å². The SMILES string of the molecule is CCn1c(CCCc2ccc(-c3nc(N(C(=O)O)C(C)(C)C)co3)cc2)nn(Cc2ccc(C(C)(C)C)cc2)c1=O. The molecule has 2 heterocycles. The minimum absolute atomic E-state index is 0.0787. The fourth-order valence-corrected chi connectivity index (χ4v) is 4.87. The van der Waals surface area contributed by atoms with Crippen LogP contribution in [0, 0.1) is 0 Å². The number of hydrogen-bond donors (Lipinski definition) is 1. The molecule has 9 nitrogen and oxygen atoms in total. The molecule has 0 bridgehead atoms. The molecule has 0 radical (unpaired) electrons. The van der Waals surface area contributed by atoms with Crippen LogP contribution in [0.3, 0.4) is 0 Å². The second-order valence-electron chi connectivity index (χ2n) is 12.4. The standard InChI is InChI=1S/C32H41N5O4/c1-8-35-26(34-36(29(35)38)20-23-14-18-25(19-15-23)31(2,3)4)11-9-10-22-12-16-24(17-13-22)28-33-27(21-41-28)37(30(39)40)32(5,6)7/h12-19,21H,8-11,20H2,1-7H3,(H,39,40). The molecule has 0 fully saturated rings. The highest BCUT2D eigenvalue weighted by atomic mass is 16.4. The Bertz CT molecular complexity index is 1530. The van der Waals surface area contributed by atoms with Crippen molar-refractivity contribution < 1.29 is 14.3 Å². The largest absolute Gasteiger partial charge is 0.465 e. The number of carbonyl (C=O) groups is 1. The molecule has 0 saturated heterocycles. The average Bonchev–Trinajstić information content (AvgIpc) is 3.47. The van der Waals surface area contributed by atoms with Crippen molar-refractivity contribution in [3.8, 4) is 11.5 Å². The maximum absolute atomic E-state index is 13.0. The lowest BCUT2D eigenvalue weighted by atomic mass is 9.87. The second kappa shape index (κ2) is 11.8. The molecule has 0 unspecified atom stereocenters. The van der Waals surface area contributed by atoms with E-state index >= 15 is 0 Å². The van der Waals surface area contributed by atoms with Crippen LogP contribution in [0.1, 0.15) is 77.4 Å². The van der Waals surface area contributed by atoms with Crippen LogP contribution in [0.2, 0.25) is 0 Å². The van der Waals surface area contributed by atoms with Gasteiger partial charge in [-0.1, -0.05) is 57.2 Å². The number of amides is 1. The fourth-order valence-electron chi connectivity index (χ4n) is 4.87. The first-order valence-corrected chi connectivity index (χ1v) is 14.1. The van der Waals surface area contributed by atoms with Gasteiger partial charge in [0.05, 0.1) is 6.54 Å². The van der Waals surface area contributed by atoms with E-state index in [0.29, 0.717) is 25.4 Å². The summed E-state index contributed by atoms with van der Waals surface area (Å²) in [6.45, 7) is 15.0. The third-order valence-corrected chi connectivity index (χ3v) is 7.12. The van der Waals surface area contributed by atoms with Crippen LogP contribution in [0.15, 0.2) is 64.0 Å². The van der Waals surface area contributed by atoms with E-state index < -0.39 is 11.6 Å². The number of aryl methyl sites for hydroxylation is 2. The van der Waals surface area contributed by atoms with Crippen LogP contribution in [0.5, 0.6) is 0 Å². The lowest BCUT2D eigenvalue weighted by Gasteiger charge is -2.30. The van der Waals surface area contributed by atoms with E-state index in [1.807, 2.05) is 31.2 Å². The maximum Gasteiger partial charge on any atom is 0.413 e. The Morgan fingerprint density at radius 3 is 2.15 bits per heavy atom. The zero-order chi connectivity index (χ0) is 29.9. The third kappa shape index (κ3) is 6.96. The van der Waals surface area contributed by atoms with Gasteiger partial charge in [0.25, 0.3) is 0 Å². The van der Waals surface area contributed by atoms with E-state index in [9.17, 15) is 14.7 Å². The van der Waals surface area contributed by atoms with Gasteiger partial charge in [0.15, 0.2) is 5.82 Å². The van der Waals surface area contributed by atoms with Gasteiger partial charge in [0.2, 0.25) is 5.89 Å². The van der Waals surface area contributed by atoms with Gasteiger partial charge in [0.1, 0.15) is 12.1 Å². The van der Waals surface area contributed by atoms with Crippen molar-refractivity contribution in [1.82, 2.24) is 19.3 Å². The number of benzene rings is 2. The molecule has 2 aromatic carbocycles. The molecule has 9 heteroatoms. The van der Waals surface area contributed by atoms with Crippen molar-refractivity contribution >= 4 is 11.9 Å². The summed E-state index contributed by atoms with van der Waals surface area (Å²) in [6, 6.07) is 16.3. The normalized spacial score (nSPS) is 12.1. The number of carboxylic acid groups (broad SMARTS) is 1. The molecule has 0 atom stereocenters. The summed E-state index contributed by atoms with van der Waals surface area (Å²) in [7, 11) is 0. The zero-order valence-corrected chi connectivity index (χ0v) is 25.1. The summed E-state index contributed by atoms with van der Waals surface area (Å²) >= 11 is 0. The lowest BCUT2D eigenvalue weighted by molar-refractivity contribution is 0.195. The van der Waals surface area contributed by atoms with Crippen LogP contribution in [0.4, 0.5) is 10.6 Å². The summed E-state index contributed by atoms with van der Waals surface area (Å²) in [6.07, 6.45) is 2.66. The molecule has 1 amide bonds. The molecule has 1 N–H and O–H groups in total. The fraction of sp³-hybridized carbons (Fsp3) is 0.438. The van der Waals surface area contributed by atoms with Crippen LogP contribution >= 0.6 is 0 Å². The molecule has 0 aliphatic rings. The first-order chi connectivity index (χ1) is 19.3. The predicted molar refractivity (Wildman–Crippen MR) is 161 cm³/mol. The number of oxazole rings is 1. The molecular weight excluding hydrogens is 518 g/mol. The quantitative estimate of drug-likeness (QED) is 0.250. The Labute approximate surface area is 241 Å². The van der Waals surface area contributed by atoms with Gasteiger partial charge in [-0.3, -0.25) is 9.47 Å². The predicted octanol–water partition coefficient (Wildman–Crippen LogP) is 6.52. The zero-order valence-electron chi connectivity index (χ0n) is 25.1. The topological polar surface area (TPSA) is 106 Å². The van der Waals surface area contributed by atoms with E-state index in [0.717, 1.165) is 35.4 Å². The van der Waals surface area contributed by atoms with Gasteiger partial charge in [-0.05, 0) is 74.8 Å². The lowest BCUT2D eigenvalue weighted by Crippen LogP contribution is -2.45. The summed E-state index contributed by atoms with van der Waals surface area (Å²) in [5.74, 6) is 1.43. The van der Waals surface area contributed by atoms with E-state index in [1.54, 1.807) is 30.0 Å². The monoisotopic (exact) mass is 559 g/mol. The van der Waals surface area contributed by atoms with Crippen molar-refractivity contribution in [3.63, 3.8) is 0 Å². The number of rotatable bonds is 9. The van der Waals surface area contributed by atoms with Gasteiger partial charge < -0.3 is 9.52 Å². The molecule has 0 spiro atoms. The molecular formula is C32H41N5O4. The number of aromatic nitrogens is 4. The van der Waals surface area contributed by atoms with Gasteiger partial charge in [-0.2, -0.15) is 10.1 Å². The van der Waals surface area contributed by atoms with Crippen LogP contribution in [0.25, 0.3) is 11.5 Å². The maximum atomic E-state index is 13.0. The van der Waals surface area contributed by atoms with Crippen LogP contribution in [-0.4, -0.2) is 36.1 Å². The van der Waals surface area contributed by atoms with Crippen molar-refractivity contribution in [1.29, 1.82) is 0 Å². The second-order valence-corrected chi connectivity index (χ2v) is 12.4. The first kappa shape index (κ1) is 29.8. The minimum atomic E-state index is -1.08. The highest BCUT2D eigenvalue weighted by Crippen LogP contribution is 2.28. The van der Waals surface area contributed by atoms with Crippen molar-refractivity contribution in [3.05, 3.63) is 87.8 Å². The number of hydrogen-bond acceptors (Lipinski definition) is 5. The van der Waals surface area contributed by atoms with Gasteiger partial charge in [-0.25, -0.2) is 14.3 Å². The molecule has 0 aliphatic heterocycles. The van der Waals surface area contributed by atoms with E-state index in [4.69, 9.17) is 4.42 Å². The Balaban J connectivity index is 1.39. The Morgan fingerprint density at radius 2 is 1.59 bits per heavy atom. The smallest absolute Gasteiger partial charge is 0.413 e. The molecule has 2 aromatic heterocycles. The van der Waals surface area contributed by atoms with E-state index in [2.05, 4.69) is 55.1 Å². The van der Waals surface area contributed by atoms with E-state index in [1.165, 1.54) is 16.7 Å². The average molecular weight is 560 g/mol. The Morgan fingerprint density at radius 1 is 0.951 bits per heavy atom. The first-order valence-electron chi connectivity index (χ1n) is 14.1. The third-order valence-electron chi connectivity index (χ3n) is 7.12. The minimum Gasteiger partial charge on any atom is -0.465 e. The molecule has 41 heavy (non-hydrogen) atoms. The Hall–Kier alpha value is -4.14. The van der Waals surface area contributed by atoms with Gasteiger partial charge >= 0.3 is 11.8 Å². The molecule has 0 saturated carbocycles. The van der Waals surface area contributed by atoms with Crippen molar-refractivity contribution in [2.75, 3.05) is 4.90 Å². The molecule has 218 valence electrons. The highest BCUT2D eigenvalue weighted by Gasteiger charge is 2.30. The highest BCUT2D eigenvalue weighted by molar-refractivity contribution is 5.86. The van der Waals surface area contributed by atoms with Crippen molar-refractivity contribution in [2.45, 2.75) is 91.8 Å². The van der Waals surface area contributed by atoms with E-state index in [-0.39, 0.29) is 16.9 Å². The van der Waals surface area contributed by atoms with Gasteiger partial charge in [-0.15, -0.1) is 0 Å². The molecule has 4 aromatic rings. The number of anilines is 1. The summed E-state index contributed by atoms with van der Waals surface area (Å²) < 4.78 is 8.92. The summed E-state index contributed by atoms with van der Waals surface area (Å²) in [4.78, 5) is 30.3. The summed E-state index contributed by atoms with van der Waals surface area (Å²) in [5.41, 5.74) is 3.59. The number of nitrogens with zero attached hydrogens (tertiary/aromatic N) is 5. The van der Waals surface area contributed by atoms with Crippen molar-refractivity contribution in [2.24, 2.45) is 0 Å². The molecule has 0 aliphatic carbocycles. The summed E-state index contributed by atoms with van der Waals surface area (Å²) in [5, 5.41) is 14.3. The molecule has 4 rings (SSSR count).